The Morgan fingerprint density at radius 2 is 2.33 bits per heavy atom. The normalized spacial score (nSPS) is 22.1. The van der Waals surface area contributed by atoms with Gasteiger partial charge in [-0.1, -0.05) is 0 Å². The van der Waals surface area contributed by atoms with E-state index in [1.807, 2.05) is 17.0 Å². The Morgan fingerprint density at radius 3 is 3.10 bits per heavy atom. The highest BCUT2D eigenvalue weighted by Gasteiger charge is 2.31. The summed E-state index contributed by atoms with van der Waals surface area (Å²) in [6.07, 6.45) is 0.189. The Hall–Kier alpha value is -2.28. The van der Waals surface area contributed by atoms with Crippen LogP contribution in [0.2, 0.25) is 0 Å². The van der Waals surface area contributed by atoms with Crippen molar-refractivity contribution in [1.82, 2.24) is 4.90 Å². The molecule has 3 heterocycles. The number of aliphatic imine (C=N–C) groups is 2. The van der Waals surface area contributed by atoms with Crippen molar-refractivity contribution in [3.8, 4) is 11.5 Å². The molecule has 0 unspecified atom stereocenters. The molecule has 0 aromatic heterocycles. The van der Waals surface area contributed by atoms with Crippen LogP contribution in [-0.2, 0) is 4.74 Å². The fourth-order valence-corrected chi connectivity index (χ4v) is 2.58. The second-order valence-electron chi connectivity index (χ2n) is 5.09. The fraction of sp³-hybridized carbons (Fsp3) is 0.429. The van der Waals surface area contributed by atoms with Gasteiger partial charge in [-0.05, 0) is 12.1 Å². The first kappa shape index (κ1) is 12.5. The first-order valence-electron chi connectivity index (χ1n) is 6.90. The van der Waals surface area contributed by atoms with Crippen LogP contribution in [-0.4, -0.2) is 56.2 Å². The van der Waals surface area contributed by atoms with Crippen molar-refractivity contribution in [2.24, 2.45) is 15.7 Å². The van der Waals surface area contributed by atoms with Gasteiger partial charge in [-0.3, -0.25) is 9.89 Å². The van der Waals surface area contributed by atoms with Gasteiger partial charge in [-0.15, -0.1) is 0 Å². The minimum absolute atomic E-state index is 0.189. The van der Waals surface area contributed by atoms with Crippen LogP contribution in [0, 0.1) is 0 Å². The number of hydrogen-bond donors (Lipinski definition) is 1. The van der Waals surface area contributed by atoms with E-state index in [2.05, 4.69) is 9.98 Å². The summed E-state index contributed by atoms with van der Waals surface area (Å²) in [5.41, 5.74) is 7.63. The largest absolute Gasteiger partial charge is 0.491 e. The van der Waals surface area contributed by atoms with Crippen molar-refractivity contribution >= 4 is 17.5 Å². The number of ether oxygens (including phenoxy) is 3. The van der Waals surface area contributed by atoms with Crippen LogP contribution in [0.4, 0.5) is 5.69 Å². The zero-order valence-electron chi connectivity index (χ0n) is 11.7. The number of epoxide rings is 1. The van der Waals surface area contributed by atoms with E-state index in [4.69, 9.17) is 19.9 Å². The predicted molar refractivity (Wildman–Crippen MR) is 77.6 cm³/mol. The molecule has 1 aromatic carbocycles. The van der Waals surface area contributed by atoms with Crippen molar-refractivity contribution in [1.29, 1.82) is 0 Å². The molecule has 0 bridgehead atoms. The lowest BCUT2D eigenvalue weighted by molar-refractivity contribution is 0.252. The molecule has 0 amide bonds. The SMILES string of the molecule is COc1c(OC[C@@H]2CO2)ccc2c1N=C(N)N1CCN=C21. The number of fused-ring (bicyclic) bond motifs is 3. The van der Waals surface area contributed by atoms with E-state index < -0.39 is 0 Å². The quantitative estimate of drug-likeness (QED) is 0.815. The maximum absolute atomic E-state index is 6.02. The van der Waals surface area contributed by atoms with Crippen molar-refractivity contribution < 1.29 is 14.2 Å². The molecule has 1 saturated heterocycles. The van der Waals surface area contributed by atoms with Gasteiger partial charge in [0.15, 0.2) is 11.5 Å². The van der Waals surface area contributed by atoms with Crippen LogP contribution < -0.4 is 15.2 Å². The topological polar surface area (TPSA) is 85.0 Å². The zero-order valence-corrected chi connectivity index (χ0v) is 11.7. The highest BCUT2D eigenvalue weighted by molar-refractivity contribution is 6.16. The molecule has 1 atom stereocenters. The van der Waals surface area contributed by atoms with Crippen molar-refractivity contribution in [3.05, 3.63) is 17.7 Å². The molecule has 7 heteroatoms. The molecular weight excluding hydrogens is 272 g/mol. The third-order valence-corrected chi connectivity index (χ3v) is 3.71. The van der Waals surface area contributed by atoms with Crippen molar-refractivity contribution in [3.63, 3.8) is 0 Å². The monoisotopic (exact) mass is 288 g/mol. The smallest absolute Gasteiger partial charge is 0.202 e. The number of nitrogens with two attached hydrogens (primary N) is 1. The Morgan fingerprint density at radius 1 is 1.48 bits per heavy atom. The van der Waals surface area contributed by atoms with E-state index in [1.54, 1.807) is 7.11 Å². The summed E-state index contributed by atoms with van der Waals surface area (Å²) in [5, 5.41) is 0. The van der Waals surface area contributed by atoms with E-state index in [0.717, 1.165) is 31.1 Å². The minimum atomic E-state index is 0.189. The first-order valence-corrected chi connectivity index (χ1v) is 6.90. The van der Waals surface area contributed by atoms with E-state index >= 15 is 0 Å². The predicted octanol–water partition coefficient (Wildman–Crippen LogP) is 0.495. The molecule has 0 radical (unpaired) electrons. The molecule has 0 spiro atoms. The minimum Gasteiger partial charge on any atom is -0.491 e. The summed E-state index contributed by atoms with van der Waals surface area (Å²) in [5.74, 6) is 2.54. The van der Waals surface area contributed by atoms with Gasteiger partial charge in [0, 0.05) is 12.1 Å². The Bertz CT molecular complexity index is 652. The van der Waals surface area contributed by atoms with E-state index in [9.17, 15) is 0 Å². The van der Waals surface area contributed by atoms with Crippen molar-refractivity contribution in [2.75, 3.05) is 33.4 Å². The van der Waals surface area contributed by atoms with Gasteiger partial charge in [0.2, 0.25) is 5.96 Å². The number of guanidine groups is 1. The van der Waals surface area contributed by atoms with Gasteiger partial charge < -0.3 is 19.9 Å². The fourth-order valence-electron chi connectivity index (χ4n) is 2.58. The summed E-state index contributed by atoms with van der Waals surface area (Å²) >= 11 is 0. The number of methoxy groups -OCH3 is 1. The lowest BCUT2D eigenvalue weighted by atomic mass is 10.1. The van der Waals surface area contributed by atoms with E-state index in [1.165, 1.54) is 0 Å². The lowest BCUT2D eigenvalue weighted by Gasteiger charge is -2.26. The van der Waals surface area contributed by atoms with Crippen LogP contribution in [0.5, 0.6) is 11.5 Å². The molecule has 3 aliphatic heterocycles. The maximum Gasteiger partial charge on any atom is 0.202 e. The molecule has 4 rings (SSSR count). The molecule has 0 aliphatic carbocycles. The highest BCUT2D eigenvalue weighted by atomic mass is 16.6. The molecule has 21 heavy (non-hydrogen) atoms. The number of rotatable bonds is 4. The lowest BCUT2D eigenvalue weighted by Crippen LogP contribution is -2.42. The summed E-state index contributed by atoms with van der Waals surface area (Å²) in [4.78, 5) is 10.9. The Labute approximate surface area is 122 Å². The molecule has 0 saturated carbocycles. The first-order chi connectivity index (χ1) is 10.3. The second kappa shape index (κ2) is 4.63. The van der Waals surface area contributed by atoms with Gasteiger partial charge in [0.05, 0.1) is 20.3 Å². The standard InChI is InChI=1S/C14H16N4O3/c1-19-12-10(21-7-8-6-20-8)3-2-9-11(12)17-14(15)18-5-4-16-13(9)18/h2-3,8H,4-7H2,1H3,(H2,15,17)/t8-/m0/s1. The molecule has 7 nitrogen and oxygen atoms in total. The molecule has 2 N–H and O–H groups in total. The second-order valence-corrected chi connectivity index (χ2v) is 5.09. The molecule has 1 aromatic rings. The zero-order chi connectivity index (χ0) is 14.4. The summed E-state index contributed by atoms with van der Waals surface area (Å²) in [6, 6.07) is 3.84. The summed E-state index contributed by atoms with van der Waals surface area (Å²) < 4.78 is 16.4. The summed E-state index contributed by atoms with van der Waals surface area (Å²) in [6.45, 7) is 2.76. The average molecular weight is 288 g/mol. The van der Waals surface area contributed by atoms with Gasteiger partial charge in [0.1, 0.15) is 24.2 Å². The molecule has 1 fully saturated rings. The number of benzene rings is 1. The van der Waals surface area contributed by atoms with E-state index in [-0.39, 0.29) is 6.10 Å². The third kappa shape index (κ3) is 2.01. The van der Waals surface area contributed by atoms with Gasteiger partial charge in [-0.2, -0.15) is 0 Å². The Balaban J connectivity index is 1.76. The van der Waals surface area contributed by atoms with Crippen LogP contribution in [0.1, 0.15) is 5.56 Å². The van der Waals surface area contributed by atoms with Gasteiger partial charge >= 0.3 is 0 Å². The molecule has 3 aliphatic rings. The number of hydrogen-bond acceptors (Lipinski definition) is 7. The maximum atomic E-state index is 6.02. The number of nitrogens with zero attached hydrogens (tertiary/aromatic N) is 3. The Kier molecular flexibility index (Phi) is 2.75. The van der Waals surface area contributed by atoms with Crippen LogP contribution in [0.25, 0.3) is 0 Å². The van der Waals surface area contributed by atoms with Gasteiger partial charge in [-0.25, -0.2) is 4.99 Å². The highest BCUT2D eigenvalue weighted by Crippen LogP contribution is 2.43. The van der Waals surface area contributed by atoms with Gasteiger partial charge in [0.25, 0.3) is 0 Å². The third-order valence-electron chi connectivity index (χ3n) is 3.71. The van der Waals surface area contributed by atoms with Crippen LogP contribution >= 0.6 is 0 Å². The molecule has 110 valence electrons. The summed E-state index contributed by atoms with van der Waals surface area (Å²) in [7, 11) is 1.60. The van der Waals surface area contributed by atoms with Crippen molar-refractivity contribution in [2.45, 2.75) is 6.10 Å². The van der Waals surface area contributed by atoms with Crippen LogP contribution in [0.3, 0.4) is 0 Å². The number of amidine groups is 1. The molecular formula is C14H16N4O3. The van der Waals surface area contributed by atoms with E-state index in [0.29, 0.717) is 29.8 Å². The van der Waals surface area contributed by atoms with Crippen LogP contribution in [0.15, 0.2) is 22.1 Å². The average Bonchev–Trinajstić information content (AvgIpc) is 3.18.